The molecule has 0 saturated carbocycles. The number of hydrogen-bond donors (Lipinski definition) is 1. The van der Waals surface area contributed by atoms with Crippen LogP contribution in [0.2, 0.25) is 0 Å². The van der Waals surface area contributed by atoms with Gasteiger partial charge in [-0.1, -0.05) is 11.8 Å². The molecule has 4 heteroatoms. The van der Waals surface area contributed by atoms with Crippen LogP contribution in [0.3, 0.4) is 0 Å². The van der Waals surface area contributed by atoms with Crippen LogP contribution in [0.1, 0.15) is 35.3 Å². The van der Waals surface area contributed by atoms with Gasteiger partial charge in [0.25, 0.3) is 0 Å². The summed E-state index contributed by atoms with van der Waals surface area (Å²) in [7, 11) is 0. The molecule has 1 heterocycles. The highest BCUT2D eigenvalue weighted by atomic mass is 32.2. The summed E-state index contributed by atoms with van der Waals surface area (Å²) < 4.78 is 13.7. The highest BCUT2D eigenvalue weighted by molar-refractivity contribution is 7.99. The SMILES string of the molecule is Cc1cc(C)nc(Sc2cc(C)c(F)cc2[C@H](C)N)c1. The molecular weight excluding hydrogens is 271 g/mol. The number of benzene rings is 1. The molecule has 0 amide bonds. The molecule has 2 N–H and O–H groups in total. The third kappa shape index (κ3) is 3.38. The van der Waals surface area contributed by atoms with Crippen molar-refractivity contribution in [3.05, 3.63) is 52.5 Å². The molecule has 0 fully saturated rings. The van der Waals surface area contributed by atoms with Crippen molar-refractivity contribution in [2.45, 2.75) is 43.7 Å². The lowest BCUT2D eigenvalue weighted by molar-refractivity contribution is 0.610. The largest absolute Gasteiger partial charge is 0.324 e. The van der Waals surface area contributed by atoms with E-state index in [1.54, 1.807) is 6.92 Å². The average Bonchev–Trinajstić information content (AvgIpc) is 2.31. The van der Waals surface area contributed by atoms with Gasteiger partial charge in [-0.05, 0) is 68.7 Å². The Labute approximate surface area is 123 Å². The molecule has 0 aliphatic carbocycles. The number of pyridine rings is 1. The lowest BCUT2D eigenvalue weighted by Gasteiger charge is -2.14. The van der Waals surface area contributed by atoms with Crippen molar-refractivity contribution in [2.75, 3.05) is 0 Å². The number of rotatable bonds is 3. The molecule has 0 saturated heterocycles. The highest BCUT2D eigenvalue weighted by Crippen LogP contribution is 2.34. The van der Waals surface area contributed by atoms with Gasteiger partial charge in [0.2, 0.25) is 0 Å². The molecule has 0 aliphatic rings. The smallest absolute Gasteiger partial charge is 0.126 e. The maximum absolute atomic E-state index is 13.7. The molecule has 0 bridgehead atoms. The van der Waals surface area contributed by atoms with Gasteiger partial charge in [0.15, 0.2) is 0 Å². The summed E-state index contributed by atoms with van der Waals surface area (Å²) in [6, 6.07) is 7.23. The van der Waals surface area contributed by atoms with Gasteiger partial charge in [-0.25, -0.2) is 9.37 Å². The van der Waals surface area contributed by atoms with Crippen molar-refractivity contribution in [2.24, 2.45) is 5.73 Å². The van der Waals surface area contributed by atoms with Gasteiger partial charge in [0, 0.05) is 16.6 Å². The second-order valence-electron chi connectivity index (χ2n) is 5.15. The fourth-order valence-electron chi connectivity index (χ4n) is 2.08. The molecule has 2 aromatic rings. The predicted molar refractivity (Wildman–Crippen MR) is 81.6 cm³/mol. The Bertz CT molecular complexity index is 618. The van der Waals surface area contributed by atoms with Crippen molar-refractivity contribution < 1.29 is 4.39 Å². The van der Waals surface area contributed by atoms with E-state index >= 15 is 0 Å². The average molecular weight is 290 g/mol. The van der Waals surface area contributed by atoms with Gasteiger partial charge in [-0.15, -0.1) is 0 Å². The lowest BCUT2D eigenvalue weighted by Crippen LogP contribution is -2.07. The van der Waals surface area contributed by atoms with Crippen molar-refractivity contribution in [1.82, 2.24) is 4.98 Å². The first kappa shape index (κ1) is 15.0. The second-order valence-corrected chi connectivity index (χ2v) is 6.22. The maximum atomic E-state index is 13.7. The minimum absolute atomic E-state index is 0.210. The normalized spacial score (nSPS) is 12.5. The van der Waals surface area contributed by atoms with E-state index in [4.69, 9.17) is 5.73 Å². The van der Waals surface area contributed by atoms with E-state index in [2.05, 4.69) is 4.98 Å². The fraction of sp³-hybridized carbons (Fsp3) is 0.312. The molecule has 0 unspecified atom stereocenters. The number of halogens is 1. The van der Waals surface area contributed by atoms with Crippen molar-refractivity contribution in [3.63, 3.8) is 0 Å². The predicted octanol–water partition coefficient (Wildman–Crippen LogP) is 4.32. The number of nitrogens with two attached hydrogens (primary N) is 1. The molecule has 1 aromatic heterocycles. The zero-order chi connectivity index (χ0) is 14.9. The van der Waals surface area contributed by atoms with Crippen LogP contribution in [0.4, 0.5) is 4.39 Å². The van der Waals surface area contributed by atoms with E-state index in [0.717, 1.165) is 21.2 Å². The first-order valence-electron chi connectivity index (χ1n) is 6.55. The van der Waals surface area contributed by atoms with Crippen LogP contribution in [-0.2, 0) is 0 Å². The number of nitrogens with zero attached hydrogens (tertiary/aromatic N) is 1. The van der Waals surface area contributed by atoms with Gasteiger partial charge in [0.05, 0.1) is 0 Å². The van der Waals surface area contributed by atoms with Crippen LogP contribution in [0.15, 0.2) is 34.2 Å². The Morgan fingerprint density at radius 1 is 1.15 bits per heavy atom. The topological polar surface area (TPSA) is 38.9 Å². The van der Waals surface area contributed by atoms with Crippen molar-refractivity contribution >= 4 is 11.8 Å². The van der Waals surface area contributed by atoms with Crippen molar-refractivity contribution in [1.29, 1.82) is 0 Å². The van der Waals surface area contributed by atoms with Gasteiger partial charge < -0.3 is 5.73 Å². The number of aromatic nitrogens is 1. The Balaban J connectivity index is 2.44. The molecule has 106 valence electrons. The van der Waals surface area contributed by atoms with E-state index in [1.807, 2.05) is 39.0 Å². The zero-order valence-corrected chi connectivity index (χ0v) is 13.0. The third-order valence-electron chi connectivity index (χ3n) is 3.07. The Kier molecular flexibility index (Phi) is 4.45. The second kappa shape index (κ2) is 5.94. The third-order valence-corrected chi connectivity index (χ3v) is 4.06. The lowest BCUT2D eigenvalue weighted by atomic mass is 10.1. The van der Waals surface area contributed by atoms with Gasteiger partial charge in [0.1, 0.15) is 10.8 Å². The Morgan fingerprint density at radius 3 is 2.45 bits per heavy atom. The first-order valence-corrected chi connectivity index (χ1v) is 7.37. The molecule has 1 atom stereocenters. The Morgan fingerprint density at radius 2 is 1.85 bits per heavy atom. The van der Waals surface area contributed by atoms with Gasteiger partial charge in [-0.3, -0.25) is 0 Å². The minimum atomic E-state index is -0.213. The van der Waals surface area contributed by atoms with Crippen molar-refractivity contribution in [3.8, 4) is 0 Å². The zero-order valence-electron chi connectivity index (χ0n) is 12.2. The molecular formula is C16H19FN2S. The van der Waals surface area contributed by atoms with Crippen LogP contribution < -0.4 is 5.73 Å². The van der Waals surface area contributed by atoms with Gasteiger partial charge >= 0.3 is 0 Å². The summed E-state index contributed by atoms with van der Waals surface area (Å²) in [5, 5.41) is 0.912. The van der Waals surface area contributed by atoms with Crippen LogP contribution >= 0.6 is 11.8 Å². The molecule has 2 nitrogen and oxygen atoms in total. The maximum Gasteiger partial charge on any atom is 0.126 e. The summed E-state index contributed by atoms with van der Waals surface area (Å²) in [4.78, 5) is 5.48. The molecule has 1 aromatic carbocycles. The quantitative estimate of drug-likeness (QED) is 0.915. The van der Waals surface area contributed by atoms with Crippen LogP contribution in [0.25, 0.3) is 0 Å². The summed E-state index contributed by atoms with van der Waals surface area (Å²) in [5.74, 6) is -0.213. The van der Waals surface area contributed by atoms with E-state index in [-0.39, 0.29) is 11.9 Å². The summed E-state index contributed by atoms with van der Waals surface area (Å²) in [6.07, 6.45) is 0. The van der Waals surface area contributed by atoms with E-state index in [1.165, 1.54) is 23.4 Å². The van der Waals surface area contributed by atoms with Crippen LogP contribution in [0.5, 0.6) is 0 Å². The molecule has 0 aliphatic heterocycles. The highest BCUT2D eigenvalue weighted by Gasteiger charge is 2.13. The van der Waals surface area contributed by atoms with Gasteiger partial charge in [-0.2, -0.15) is 0 Å². The monoisotopic (exact) mass is 290 g/mol. The molecule has 0 radical (unpaired) electrons. The molecule has 2 rings (SSSR count). The standard InChI is InChI=1S/C16H19FN2S/c1-9-5-11(3)19-16(6-9)20-15-7-10(2)14(17)8-13(15)12(4)18/h5-8,12H,18H2,1-4H3/t12-/m0/s1. The summed E-state index contributed by atoms with van der Waals surface area (Å²) in [6.45, 7) is 7.64. The summed E-state index contributed by atoms with van der Waals surface area (Å²) >= 11 is 1.54. The summed E-state index contributed by atoms with van der Waals surface area (Å²) in [5.41, 5.74) is 9.54. The van der Waals surface area contributed by atoms with E-state index in [9.17, 15) is 4.39 Å². The van der Waals surface area contributed by atoms with E-state index < -0.39 is 0 Å². The van der Waals surface area contributed by atoms with Crippen LogP contribution in [-0.4, -0.2) is 4.98 Å². The number of aryl methyl sites for hydroxylation is 3. The number of hydrogen-bond acceptors (Lipinski definition) is 3. The fourth-order valence-corrected chi connectivity index (χ4v) is 3.34. The van der Waals surface area contributed by atoms with Crippen LogP contribution in [0, 0.1) is 26.6 Å². The van der Waals surface area contributed by atoms with E-state index in [0.29, 0.717) is 5.56 Å². The molecule has 20 heavy (non-hydrogen) atoms. The Hall–Kier alpha value is -1.39. The first-order chi connectivity index (χ1) is 9.36. The molecule has 0 spiro atoms. The minimum Gasteiger partial charge on any atom is -0.324 e.